The molecule has 0 spiro atoms. The van der Waals surface area contributed by atoms with E-state index in [0.29, 0.717) is 6.42 Å². The molecule has 1 fully saturated rings. The largest absolute Gasteiger partial charge is 0.481 e. The van der Waals surface area contributed by atoms with Crippen LogP contribution in [0.2, 0.25) is 0 Å². The van der Waals surface area contributed by atoms with Gasteiger partial charge in [0.1, 0.15) is 0 Å². The molecule has 4 nitrogen and oxygen atoms in total. The Kier molecular flexibility index (Phi) is 4.82. The van der Waals surface area contributed by atoms with E-state index in [1.54, 1.807) is 0 Å². The summed E-state index contributed by atoms with van der Waals surface area (Å²) in [6.45, 7) is 3.70. The Bertz CT molecular complexity index is 666. The third kappa shape index (κ3) is 3.82. The van der Waals surface area contributed by atoms with Crippen molar-refractivity contribution in [1.82, 2.24) is 4.57 Å². The first-order valence-corrected chi connectivity index (χ1v) is 8.22. The van der Waals surface area contributed by atoms with E-state index in [1.807, 2.05) is 6.07 Å². The van der Waals surface area contributed by atoms with Crippen molar-refractivity contribution >= 4 is 5.97 Å². The maximum atomic E-state index is 10.9. The predicted molar refractivity (Wildman–Crippen MR) is 89.5 cm³/mol. The SMILES string of the molecule is Cc1ccc(-c2ccc(CCC(=O)O)n2C[C@H]2CCCO2)cc1. The minimum atomic E-state index is -0.758. The van der Waals surface area contributed by atoms with Gasteiger partial charge in [-0.25, -0.2) is 0 Å². The third-order valence-electron chi connectivity index (χ3n) is 4.42. The normalized spacial score (nSPS) is 17.5. The van der Waals surface area contributed by atoms with E-state index in [4.69, 9.17) is 9.84 Å². The lowest BCUT2D eigenvalue weighted by atomic mass is 10.1. The van der Waals surface area contributed by atoms with E-state index in [0.717, 1.165) is 42.9 Å². The van der Waals surface area contributed by atoms with Gasteiger partial charge in [-0.15, -0.1) is 0 Å². The summed E-state index contributed by atoms with van der Waals surface area (Å²) in [6, 6.07) is 12.6. The molecule has 3 rings (SSSR count). The van der Waals surface area contributed by atoms with Crippen LogP contribution in [-0.2, 0) is 22.5 Å². The molecule has 1 N–H and O–H groups in total. The molecule has 1 aromatic heterocycles. The molecule has 122 valence electrons. The average Bonchev–Trinajstić information content (AvgIpc) is 3.17. The van der Waals surface area contributed by atoms with Crippen molar-refractivity contribution in [2.24, 2.45) is 0 Å². The first-order valence-electron chi connectivity index (χ1n) is 8.22. The highest BCUT2D eigenvalue weighted by molar-refractivity contribution is 5.67. The number of benzene rings is 1. The molecule has 1 aliphatic heterocycles. The van der Waals surface area contributed by atoms with Crippen molar-refractivity contribution in [3.05, 3.63) is 47.7 Å². The Hall–Kier alpha value is -2.07. The Morgan fingerprint density at radius 3 is 2.70 bits per heavy atom. The summed E-state index contributed by atoms with van der Waals surface area (Å²) in [4.78, 5) is 10.9. The zero-order chi connectivity index (χ0) is 16.2. The first-order chi connectivity index (χ1) is 11.1. The van der Waals surface area contributed by atoms with Gasteiger partial charge in [0.15, 0.2) is 0 Å². The monoisotopic (exact) mass is 313 g/mol. The average molecular weight is 313 g/mol. The molecule has 23 heavy (non-hydrogen) atoms. The summed E-state index contributed by atoms with van der Waals surface area (Å²) in [5, 5.41) is 8.97. The number of carboxylic acid groups (broad SMARTS) is 1. The Labute approximate surface area is 136 Å². The lowest BCUT2D eigenvalue weighted by Gasteiger charge is -2.17. The van der Waals surface area contributed by atoms with Gasteiger partial charge in [-0.05, 0) is 43.9 Å². The van der Waals surface area contributed by atoms with Gasteiger partial charge in [-0.2, -0.15) is 0 Å². The predicted octanol–water partition coefficient (Wildman–Crippen LogP) is 3.66. The molecule has 1 aromatic carbocycles. The summed E-state index contributed by atoms with van der Waals surface area (Å²) in [6.07, 6.45) is 3.12. The summed E-state index contributed by atoms with van der Waals surface area (Å²) in [5.41, 5.74) is 4.60. The fourth-order valence-corrected chi connectivity index (χ4v) is 3.15. The van der Waals surface area contributed by atoms with Crippen molar-refractivity contribution in [2.45, 2.75) is 45.3 Å². The van der Waals surface area contributed by atoms with Crippen LogP contribution in [0.5, 0.6) is 0 Å². The minimum Gasteiger partial charge on any atom is -0.481 e. The fraction of sp³-hybridized carbons (Fsp3) is 0.421. The van der Waals surface area contributed by atoms with Crippen molar-refractivity contribution in [2.75, 3.05) is 6.61 Å². The molecule has 0 amide bonds. The second kappa shape index (κ2) is 7.01. The van der Waals surface area contributed by atoms with Crippen LogP contribution in [0.4, 0.5) is 0 Å². The highest BCUT2D eigenvalue weighted by atomic mass is 16.5. The minimum absolute atomic E-state index is 0.156. The quantitative estimate of drug-likeness (QED) is 0.885. The Balaban J connectivity index is 1.90. The molecular weight excluding hydrogens is 290 g/mol. The van der Waals surface area contributed by atoms with Crippen LogP contribution in [0, 0.1) is 6.92 Å². The van der Waals surface area contributed by atoms with Gasteiger partial charge in [0, 0.05) is 24.5 Å². The van der Waals surface area contributed by atoms with E-state index in [-0.39, 0.29) is 12.5 Å². The number of aliphatic carboxylic acids is 1. The third-order valence-corrected chi connectivity index (χ3v) is 4.42. The number of carbonyl (C=O) groups is 1. The number of nitrogens with zero attached hydrogens (tertiary/aromatic N) is 1. The molecular formula is C19H23NO3. The van der Waals surface area contributed by atoms with E-state index in [2.05, 4.69) is 41.8 Å². The number of hydrogen-bond acceptors (Lipinski definition) is 2. The fourth-order valence-electron chi connectivity index (χ4n) is 3.15. The van der Waals surface area contributed by atoms with E-state index < -0.39 is 5.97 Å². The van der Waals surface area contributed by atoms with Gasteiger partial charge in [0.25, 0.3) is 0 Å². The van der Waals surface area contributed by atoms with Crippen LogP contribution in [0.1, 0.15) is 30.5 Å². The smallest absolute Gasteiger partial charge is 0.303 e. The van der Waals surface area contributed by atoms with Crippen LogP contribution in [0.3, 0.4) is 0 Å². The molecule has 1 atom stereocenters. The van der Waals surface area contributed by atoms with Gasteiger partial charge < -0.3 is 14.4 Å². The van der Waals surface area contributed by atoms with E-state index in [9.17, 15) is 4.79 Å². The molecule has 0 unspecified atom stereocenters. The second-order valence-electron chi connectivity index (χ2n) is 6.22. The molecule has 0 saturated carbocycles. The van der Waals surface area contributed by atoms with Gasteiger partial charge in [-0.1, -0.05) is 29.8 Å². The molecule has 0 bridgehead atoms. The number of aromatic nitrogens is 1. The lowest BCUT2D eigenvalue weighted by molar-refractivity contribution is -0.136. The molecule has 0 radical (unpaired) electrons. The molecule has 0 aliphatic carbocycles. The second-order valence-corrected chi connectivity index (χ2v) is 6.22. The molecule has 2 aromatic rings. The lowest BCUT2D eigenvalue weighted by Crippen LogP contribution is -2.18. The molecule has 4 heteroatoms. The first kappa shape index (κ1) is 15.8. The summed E-state index contributed by atoms with van der Waals surface area (Å²) in [7, 11) is 0. The van der Waals surface area contributed by atoms with Gasteiger partial charge in [-0.3, -0.25) is 4.79 Å². The maximum Gasteiger partial charge on any atom is 0.303 e. The maximum absolute atomic E-state index is 10.9. The van der Waals surface area contributed by atoms with Crippen molar-refractivity contribution in [1.29, 1.82) is 0 Å². The number of hydrogen-bond donors (Lipinski definition) is 1. The van der Waals surface area contributed by atoms with Crippen molar-refractivity contribution in [3.8, 4) is 11.3 Å². The van der Waals surface area contributed by atoms with Crippen molar-refractivity contribution in [3.63, 3.8) is 0 Å². The zero-order valence-electron chi connectivity index (χ0n) is 13.5. The highest BCUT2D eigenvalue weighted by Crippen LogP contribution is 2.26. The summed E-state index contributed by atoms with van der Waals surface area (Å²) < 4.78 is 8.02. The number of carboxylic acids is 1. The van der Waals surface area contributed by atoms with Gasteiger partial charge in [0.2, 0.25) is 0 Å². The van der Waals surface area contributed by atoms with Crippen LogP contribution >= 0.6 is 0 Å². The molecule has 1 aliphatic rings. The Morgan fingerprint density at radius 2 is 2.04 bits per heavy atom. The standard InChI is InChI=1S/C19H23NO3/c1-14-4-6-15(7-5-14)18-10-8-16(9-11-19(21)22)20(18)13-17-3-2-12-23-17/h4-8,10,17H,2-3,9,11-13H2,1H3,(H,21,22)/t17-/m1/s1. The molecule has 2 heterocycles. The summed E-state index contributed by atoms with van der Waals surface area (Å²) >= 11 is 0. The molecule has 1 saturated heterocycles. The number of aryl methyl sites for hydroxylation is 2. The topological polar surface area (TPSA) is 51.5 Å². The van der Waals surface area contributed by atoms with E-state index >= 15 is 0 Å². The van der Waals surface area contributed by atoms with Crippen LogP contribution < -0.4 is 0 Å². The van der Waals surface area contributed by atoms with Gasteiger partial charge in [0.05, 0.1) is 12.5 Å². The Morgan fingerprint density at radius 1 is 1.26 bits per heavy atom. The summed E-state index contributed by atoms with van der Waals surface area (Å²) in [5.74, 6) is -0.758. The van der Waals surface area contributed by atoms with Crippen LogP contribution in [0.25, 0.3) is 11.3 Å². The highest BCUT2D eigenvalue weighted by Gasteiger charge is 2.19. The number of ether oxygens (including phenoxy) is 1. The van der Waals surface area contributed by atoms with Gasteiger partial charge >= 0.3 is 5.97 Å². The zero-order valence-corrected chi connectivity index (χ0v) is 13.5. The van der Waals surface area contributed by atoms with Crippen LogP contribution in [-0.4, -0.2) is 28.4 Å². The van der Waals surface area contributed by atoms with Crippen LogP contribution in [0.15, 0.2) is 36.4 Å². The van der Waals surface area contributed by atoms with E-state index in [1.165, 1.54) is 5.56 Å². The number of rotatable bonds is 6. The van der Waals surface area contributed by atoms with Crippen molar-refractivity contribution < 1.29 is 14.6 Å².